The molecule has 2 N–H and O–H groups in total. The molecule has 0 saturated carbocycles. The Bertz CT molecular complexity index is 319. The zero-order valence-corrected chi connectivity index (χ0v) is 9.65. The van der Waals surface area contributed by atoms with Gasteiger partial charge in [0.1, 0.15) is 0 Å². The number of aliphatic hydroxyl groups is 1. The molecule has 1 aliphatic heterocycles. The summed E-state index contributed by atoms with van der Waals surface area (Å²) in [6, 6.07) is 8.23. The zero-order valence-electron chi connectivity index (χ0n) is 9.65. The van der Waals surface area contributed by atoms with Gasteiger partial charge < -0.3 is 15.2 Å². The van der Waals surface area contributed by atoms with E-state index in [1.807, 2.05) is 19.2 Å². The normalized spacial score (nSPS) is 18.1. The molecule has 0 aliphatic carbocycles. The van der Waals surface area contributed by atoms with Gasteiger partial charge in [-0.05, 0) is 24.6 Å². The Morgan fingerprint density at radius 2 is 2.06 bits per heavy atom. The first-order chi connectivity index (χ1) is 7.79. The fourth-order valence-corrected chi connectivity index (χ4v) is 1.92. The van der Waals surface area contributed by atoms with E-state index >= 15 is 0 Å². The van der Waals surface area contributed by atoms with Crippen molar-refractivity contribution in [2.45, 2.75) is 12.5 Å². The number of hydrogen-bond acceptors (Lipinski definition) is 3. The molecule has 0 spiro atoms. The maximum atomic E-state index is 9.77. The highest BCUT2D eigenvalue weighted by atomic mass is 16.5. The van der Waals surface area contributed by atoms with Crippen LogP contribution in [0.25, 0.3) is 0 Å². The number of benzene rings is 1. The lowest BCUT2D eigenvalue weighted by molar-refractivity contribution is -0.0312. The fourth-order valence-electron chi connectivity index (χ4n) is 1.92. The van der Waals surface area contributed by atoms with E-state index in [2.05, 4.69) is 17.4 Å². The molecule has 1 atom stereocenters. The summed E-state index contributed by atoms with van der Waals surface area (Å²) in [6.07, 6.45) is 0.675. The van der Waals surface area contributed by atoms with E-state index in [0.717, 1.165) is 25.2 Å². The Balaban J connectivity index is 1.92. The lowest BCUT2D eigenvalue weighted by atomic mass is 9.96. The van der Waals surface area contributed by atoms with Crippen molar-refractivity contribution in [2.75, 3.05) is 26.8 Å². The van der Waals surface area contributed by atoms with Crippen LogP contribution in [0.5, 0.6) is 0 Å². The van der Waals surface area contributed by atoms with Crippen LogP contribution in [0.3, 0.4) is 0 Å². The molecule has 16 heavy (non-hydrogen) atoms. The first kappa shape index (κ1) is 11.6. The molecular weight excluding hydrogens is 202 g/mol. The minimum absolute atomic E-state index is 0.411. The van der Waals surface area contributed by atoms with Crippen molar-refractivity contribution in [3.63, 3.8) is 0 Å². The van der Waals surface area contributed by atoms with Crippen molar-refractivity contribution < 1.29 is 9.84 Å². The van der Waals surface area contributed by atoms with Gasteiger partial charge in [-0.25, -0.2) is 0 Å². The predicted octanol–water partition coefficient (Wildman–Crippen LogP) is 1.13. The SMILES string of the molecule is CNCC(O)c1ccc(CC2COC2)cc1. The van der Waals surface area contributed by atoms with Gasteiger partial charge in [-0.2, -0.15) is 0 Å². The largest absolute Gasteiger partial charge is 0.387 e. The second kappa shape index (κ2) is 5.43. The summed E-state index contributed by atoms with van der Waals surface area (Å²) in [6.45, 7) is 2.38. The highest BCUT2D eigenvalue weighted by Crippen LogP contribution is 2.19. The Kier molecular flexibility index (Phi) is 3.93. The average Bonchev–Trinajstić information content (AvgIpc) is 2.25. The Morgan fingerprint density at radius 3 is 2.56 bits per heavy atom. The number of rotatable bonds is 5. The summed E-state index contributed by atoms with van der Waals surface area (Å²) in [5.41, 5.74) is 2.30. The lowest BCUT2D eigenvalue weighted by Gasteiger charge is -2.26. The van der Waals surface area contributed by atoms with Gasteiger partial charge in [0.25, 0.3) is 0 Å². The number of likely N-dealkylation sites (N-methyl/N-ethyl adjacent to an activating group) is 1. The highest BCUT2D eigenvalue weighted by molar-refractivity contribution is 5.24. The Hall–Kier alpha value is -0.900. The average molecular weight is 221 g/mol. The van der Waals surface area contributed by atoms with E-state index in [0.29, 0.717) is 12.5 Å². The molecule has 88 valence electrons. The van der Waals surface area contributed by atoms with Crippen LogP contribution in [0.2, 0.25) is 0 Å². The summed E-state index contributed by atoms with van der Waals surface area (Å²) in [7, 11) is 1.84. The first-order valence-corrected chi connectivity index (χ1v) is 5.79. The molecule has 1 unspecified atom stereocenters. The minimum Gasteiger partial charge on any atom is -0.387 e. The standard InChI is InChI=1S/C13H19NO2/c1-14-7-13(15)12-4-2-10(3-5-12)6-11-8-16-9-11/h2-5,11,13-15H,6-9H2,1H3. The lowest BCUT2D eigenvalue weighted by Crippen LogP contribution is -2.29. The third-order valence-corrected chi connectivity index (χ3v) is 2.99. The Labute approximate surface area is 96.4 Å². The van der Waals surface area contributed by atoms with Crippen LogP contribution >= 0.6 is 0 Å². The fraction of sp³-hybridized carbons (Fsp3) is 0.538. The van der Waals surface area contributed by atoms with E-state index in [-0.39, 0.29) is 0 Å². The molecule has 1 fully saturated rings. The number of aliphatic hydroxyl groups excluding tert-OH is 1. The van der Waals surface area contributed by atoms with Crippen molar-refractivity contribution in [2.24, 2.45) is 5.92 Å². The smallest absolute Gasteiger partial charge is 0.0914 e. The Morgan fingerprint density at radius 1 is 1.38 bits per heavy atom. The minimum atomic E-state index is -0.411. The van der Waals surface area contributed by atoms with Crippen LogP contribution in [-0.4, -0.2) is 31.9 Å². The molecule has 1 aliphatic rings. The number of ether oxygens (including phenoxy) is 1. The topological polar surface area (TPSA) is 41.5 Å². The second-order valence-electron chi connectivity index (χ2n) is 4.42. The molecule has 0 bridgehead atoms. The molecule has 0 radical (unpaired) electrons. The van der Waals surface area contributed by atoms with Crippen LogP contribution in [0.15, 0.2) is 24.3 Å². The second-order valence-corrected chi connectivity index (χ2v) is 4.42. The third kappa shape index (κ3) is 2.82. The maximum Gasteiger partial charge on any atom is 0.0914 e. The molecule has 3 heteroatoms. The predicted molar refractivity (Wildman–Crippen MR) is 63.3 cm³/mol. The number of nitrogens with one attached hydrogen (secondary N) is 1. The van der Waals surface area contributed by atoms with Crippen LogP contribution < -0.4 is 5.32 Å². The molecule has 1 aromatic rings. The van der Waals surface area contributed by atoms with Crippen molar-refractivity contribution in [1.82, 2.24) is 5.32 Å². The molecule has 2 rings (SSSR count). The molecule has 0 amide bonds. The first-order valence-electron chi connectivity index (χ1n) is 5.79. The van der Waals surface area contributed by atoms with Crippen LogP contribution in [0, 0.1) is 5.92 Å². The summed E-state index contributed by atoms with van der Waals surface area (Å²) in [5.74, 6) is 0.688. The van der Waals surface area contributed by atoms with E-state index < -0.39 is 6.10 Å². The van der Waals surface area contributed by atoms with Gasteiger partial charge >= 0.3 is 0 Å². The molecule has 1 saturated heterocycles. The van der Waals surface area contributed by atoms with Crippen LogP contribution in [0.4, 0.5) is 0 Å². The highest BCUT2D eigenvalue weighted by Gasteiger charge is 2.18. The molecule has 3 nitrogen and oxygen atoms in total. The number of hydrogen-bond donors (Lipinski definition) is 2. The molecule has 1 heterocycles. The zero-order chi connectivity index (χ0) is 11.4. The van der Waals surface area contributed by atoms with Gasteiger partial charge in [0.15, 0.2) is 0 Å². The van der Waals surface area contributed by atoms with Crippen molar-refractivity contribution in [3.05, 3.63) is 35.4 Å². The molecular formula is C13H19NO2. The maximum absolute atomic E-state index is 9.77. The van der Waals surface area contributed by atoms with Crippen molar-refractivity contribution in [1.29, 1.82) is 0 Å². The third-order valence-electron chi connectivity index (χ3n) is 2.99. The van der Waals surface area contributed by atoms with Crippen LogP contribution in [0.1, 0.15) is 17.2 Å². The van der Waals surface area contributed by atoms with Crippen LogP contribution in [-0.2, 0) is 11.2 Å². The summed E-state index contributed by atoms with van der Waals surface area (Å²) >= 11 is 0. The van der Waals surface area contributed by atoms with Gasteiger partial charge in [-0.3, -0.25) is 0 Å². The quantitative estimate of drug-likeness (QED) is 0.783. The molecule has 1 aromatic carbocycles. The van der Waals surface area contributed by atoms with Gasteiger partial charge in [-0.15, -0.1) is 0 Å². The van der Waals surface area contributed by atoms with E-state index in [4.69, 9.17) is 4.74 Å². The summed E-state index contributed by atoms with van der Waals surface area (Å²) < 4.78 is 5.15. The summed E-state index contributed by atoms with van der Waals surface area (Å²) in [4.78, 5) is 0. The van der Waals surface area contributed by atoms with Gasteiger partial charge in [-0.1, -0.05) is 24.3 Å². The van der Waals surface area contributed by atoms with Gasteiger partial charge in [0.2, 0.25) is 0 Å². The van der Waals surface area contributed by atoms with Gasteiger partial charge in [0, 0.05) is 12.5 Å². The molecule has 0 aromatic heterocycles. The van der Waals surface area contributed by atoms with Gasteiger partial charge in [0.05, 0.1) is 19.3 Å². The van der Waals surface area contributed by atoms with E-state index in [9.17, 15) is 5.11 Å². The van der Waals surface area contributed by atoms with E-state index in [1.165, 1.54) is 5.56 Å². The summed E-state index contributed by atoms with van der Waals surface area (Å²) in [5, 5.41) is 12.7. The van der Waals surface area contributed by atoms with Crippen molar-refractivity contribution >= 4 is 0 Å². The monoisotopic (exact) mass is 221 g/mol. The van der Waals surface area contributed by atoms with Crippen molar-refractivity contribution in [3.8, 4) is 0 Å². The van der Waals surface area contributed by atoms with E-state index in [1.54, 1.807) is 0 Å².